The van der Waals surface area contributed by atoms with Crippen LogP contribution < -0.4 is 15.1 Å². The highest BCUT2D eigenvalue weighted by Crippen LogP contribution is 2.32. The minimum Gasteiger partial charge on any atom is -0.442 e. The van der Waals surface area contributed by atoms with Gasteiger partial charge in [0.1, 0.15) is 18.2 Å². The molecule has 4 rings (SSSR count). The number of cyclic esters (lactones) is 1. The average Bonchev–Trinajstić information content (AvgIpc) is 3.55. The van der Waals surface area contributed by atoms with Crippen LogP contribution in [0.3, 0.4) is 0 Å². The Morgan fingerprint density at radius 3 is 2.47 bits per heavy atom. The summed E-state index contributed by atoms with van der Waals surface area (Å²) >= 11 is 5.27. The minimum atomic E-state index is -0.791. The van der Waals surface area contributed by atoms with Crippen molar-refractivity contribution in [2.45, 2.75) is 25.4 Å². The van der Waals surface area contributed by atoms with Crippen molar-refractivity contribution in [3.05, 3.63) is 23.8 Å². The third-order valence-corrected chi connectivity index (χ3v) is 6.30. The predicted octanol–water partition coefficient (Wildman–Crippen LogP) is 2.18. The summed E-state index contributed by atoms with van der Waals surface area (Å²) in [7, 11) is 0. The van der Waals surface area contributed by atoms with Gasteiger partial charge in [-0.3, -0.25) is 9.69 Å². The molecule has 2 saturated heterocycles. The zero-order valence-corrected chi connectivity index (χ0v) is 18.2. The summed E-state index contributed by atoms with van der Waals surface area (Å²) in [5.41, 5.74) is -0.106. The largest absolute Gasteiger partial charge is 0.442 e. The quantitative estimate of drug-likeness (QED) is 0.647. The van der Waals surface area contributed by atoms with Gasteiger partial charge in [-0.05, 0) is 12.8 Å². The van der Waals surface area contributed by atoms with Crippen LogP contribution >= 0.6 is 12.2 Å². The Morgan fingerprint density at radius 1 is 1.22 bits per heavy atom. The number of nitrogens with one attached hydrogen (secondary N) is 1. The highest BCUT2D eigenvalue weighted by atomic mass is 32.1. The number of benzene rings is 1. The molecular formula is C21H23F2N5O3S. The Kier molecular flexibility index (Phi) is 6.41. The molecule has 3 aliphatic rings. The molecule has 1 N–H and O–H groups in total. The lowest BCUT2D eigenvalue weighted by molar-refractivity contribution is -0.130. The number of hydrogen-bond donors (Lipinski definition) is 1. The standard InChI is InChI=1S/C21H23F2N5O3S/c22-16-9-14(28-12-15(31-21(28)30)11-25-20(32)13-1-2-13)10-17(23)19(16)27-7-5-26(6-8-27)18(29)3-4-24/h9-10,13,15H,1-3,5-8,11-12H2,(H,25,32)/t15-/m0/s1. The second-order valence-corrected chi connectivity index (χ2v) is 8.54. The Morgan fingerprint density at radius 2 is 1.88 bits per heavy atom. The van der Waals surface area contributed by atoms with Gasteiger partial charge in [0.15, 0.2) is 11.6 Å². The monoisotopic (exact) mass is 463 g/mol. The number of piperazine rings is 1. The summed E-state index contributed by atoms with van der Waals surface area (Å²) < 4.78 is 35.1. The highest BCUT2D eigenvalue weighted by molar-refractivity contribution is 7.80. The number of rotatable bonds is 6. The van der Waals surface area contributed by atoms with E-state index in [1.165, 1.54) is 14.7 Å². The molecule has 11 heteroatoms. The second kappa shape index (κ2) is 9.24. The van der Waals surface area contributed by atoms with Crippen LogP contribution in [-0.2, 0) is 9.53 Å². The maximum atomic E-state index is 14.9. The fourth-order valence-corrected chi connectivity index (χ4v) is 4.23. The van der Waals surface area contributed by atoms with Crippen molar-refractivity contribution in [1.29, 1.82) is 5.26 Å². The van der Waals surface area contributed by atoms with Gasteiger partial charge < -0.3 is 19.9 Å². The van der Waals surface area contributed by atoms with E-state index in [0.717, 1.165) is 30.0 Å². The van der Waals surface area contributed by atoms with E-state index < -0.39 is 23.8 Å². The van der Waals surface area contributed by atoms with E-state index in [9.17, 15) is 18.4 Å². The summed E-state index contributed by atoms with van der Waals surface area (Å²) in [5.74, 6) is -1.47. The molecule has 0 radical (unpaired) electrons. The number of carbonyl (C=O) groups is 2. The van der Waals surface area contributed by atoms with Crippen LogP contribution in [0.15, 0.2) is 12.1 Å². The van der Waals surface area contributed by atoms with Gasteiger partial charge in [-0.25, -0.2) is 13.6 Å². The number of nitriles is 1. The molecule has 0 bridgehead atoms. The number of nitrogens with zero attached hydrogens (tertiary/aromatic N) is 4. The van der Waals surface area contributed by atoms with Crippen LogP contribution in [0.2, 0.25) is 0 Å². The lowest BCUT2D eigenvalue weighted by Crippen LogP contribution is -2.49. The topological polar surface area (TPSA) is 88.9 Å². The number of halogens is 2. The molecule has 1 aliphatic carbocycles. The molecule has 1 atom stereocenters. The fourth-order valence-electron chi connectivity index (χ4n) is 3.91. The van der Waals surface area contributed by atoms with Gasteiger partial charge in [-0.1, -0.05) is 12.2 Å². The van der Waals surface area contributed by atoms with Crippen LogP contribution in [0.25, 0.3) is 0 Å². The molecular weight excluding hydrogens is 440 g/mol. The first-order valence-corrected chi connectivity index (χ1v) is 10.9. The minimum absolute atomic E-state index is 0.0869. The van der Waals surface area contributed by atoms with Gasteiger partial charge in [-0.2, -0.15) is 5.26 Å². The molecule has 32 heavy (non-hydrogen) atoms. The van der Waals surface area contributed by atoms with E-state index >= 15 is 0 Å². The molecule has 1 saturated carbocycles. The first-order valence-electron chi connectivity index (χ1n) is 10.5. The van der Waals surface area contributed by atoms with Gasteiger partial charge in [0.25, 0.3) is 0 Å². The van der Waals surface area contributed by atoms with E-state index in [1.54, 1.807) is 0 Å². The van der Waals surface area contributed by atoms with Gasteiger partial charge >= 0.3 is 6.09 Å². The van der Waals surface area contributed by atoms with Crippen molar-refractivity contribution in [2.75, 3.05) is 49.1 Å². The molecule has 1 aromatic carbocycles. The lowest BCUT2D eigenvalue weighted by Gasteiger charge is -2.36. The van der Waals surface area contributed by atoms with Gasteiger partial charge in [0, 0.05) is 44.2 Å². The van der Waals surface area contributed by atoms with Crippen LogP contribution in [0, 0.1) is 28.9 Å². The van der Waals surface area contributed by atoms with E-state index in [2.05, 4.69) is 5.32 Å². The molecule has 1 aromatic rings. The molecule has 170 valence electrons. The maximum Gasteiger partial charge on any atom is 0.414 e. The number of hydrogen-bond acceptors (Lipinski definition) is 6. The van der Waals surface area contributed by atoms with Gasteiger partial charge in [0.2, 0.25) is 5.91 Å². The number of anilines is 2. The Bertz CT molecular complexity index is 950. The molecule has 2 heterocycles. The summed E-state index contributed by atoms with van der Waals surface area (Å²) in [4.78, 5) is 29.1. The first kappa shape index (κ1) is 22.2. The lowest BCUT2D eigenvalue weighted by atomic mass is 10.2. The fraction of sp³-hybridized carbons (Fsp3) is 0.524. The number of amides is 2. The normalized spacial score (nSPS) is 20.7. The van der Waals surface area contributed by atoms with Crippen LogP contribution in [0.4, 0.5) is 25.0 Å². The van der Waals surface area contributed by atoms with E-state index in [4.69, 9.17) is 22.2 Å². The van der Waals surface area contributed by atoms with E-state index in [-0.39, 0.29) is 56.4 Å². The predicted molar refractivity (Wildman–Crippen MR) is 116 cm³/mol. The van der Waals surface area contributed by atoms with Crippen molar-refractivity contribution < 1.29 is 23.1 Å². The first-order chi connectivity index (χ1) is 15.4. The smallest absolute Gasteiger partial charge is 0.414 e. The van der Waals surface area contributed by atoms with E-state index in [0.29, 0.717) is 12.5 Å². The second-order valence-electron chi connectivity index (χ2n) is 8.10. The van der Waals surface area contributed by atoms with Gasteiger partial charge in [0.05, 0.1) is 29.8 Å². The molecule has 0 aromatic heterocycles. The summed E-state index contributed by atoms with van der Waals surface area (Å²) in [5, 5.41) is 11.7. The zero-order chi connectivity index (χ0) is 22.8. The molecule has 8 nitrogen and oxygen atoms in total. The Hall–Kier alpha value is -3.00. The SMILES string of the molecule is N#CCC(=O)N1CCN(c2c(F)cc(N3C[C@H](CNC(=S)C4CC4)OC3=O)cc2F)CC1. The van der Waals surface area contributed by atoms with Crippen LogP contribution in [-0.4, -0.2) is 67.3 Å². The summed E-state index contributed by atoms with van der Waals surface area (Å²) in [6, 6.07) is 4.05. The average molecular weight is 464 g/mol. The summed E-state index contributed by atoms with van der Waals surface area (Å²) in [6.45, 7) is 1.55. The van der Waals surface area contributed by atoms with Crippen LogP contribution in [0.5, 0.6) is 0 Å². The number of ether oxygens (including phenoxy) is 1. The molecule has 2 amide bonds. The Labute approximate surface area is 189 Å². The maximum absolute atomic E-state index is 14.9. The third-order valence-electron chi connectivity index (χ3n) is 5.82. The number of thiocarbonyl (C=S) groups is 1. The van der Waals surface area contributed by atoms with Gasteiger partial charge in [-0.15, -0.1) is 0 Å². The highest BCUT2D eigenvalue weighted by Gasteiger charge is 2.35. The summed E-state index contributed by atoms with van der Waals surface area (Å²) in [6.07, 6.45) is 0.790. The van der Waals surface area contributed by atoms with Crippen LogP contribution in [0.1, 0.15) is 19.3 Å². The number of carbonyl (C=O) groups excluding carboxylic acids is 2. The molecule has 0 unspecified atom stereocenters. The van der Waals surface area contributed by atoms with Crippen molar-refractivity contribution >= 4 is 40.6 Å². The molecule has 3 fully saturated rings. The van der Waals surface area contributed by atoms with Crippen molar-refractivity contribution in [3.63, 3.8) is 0 Å². The third kappa shape index (κ3) is 4.75. The Balaban J connectivity index is 1.39. The molecule has 0 spiro atoms. The van der Waals surface area contributed by atoms with E-state index in [1.807, 2.05) is 6.07 Å². The van der Waals surface area contributed by atoms with Crippen molar-refractivity contribution in [3.8, 4) is 6.07 Å². The molecule has 2 aliphatic heterocycles. The zero-order valence-electron chi connectivity index (χ0n) is 17.4. The van der Waals surface area contributed by atoms with Crippen molar-refractivity contribution in [2.24, 2.45) is 5.92 Å². The van der Waals surface area contributed by atoms with Crippen molar-refractivity contribution in [1.82, 2.24) is 10.2 Å².